The van der Waals surface area contributed by atoms with Gasteiger partial charge in [-0.25, -0.2) is 8.42 Å². The zero-order valence-corrected chi connectivity index (χ0v) is 23.6. The number of unbranched alkanes of at least 4 members (excludes halogenated alkanes) is 13. The Morgan fingerprint density at radius 1 is 0.621 bits per heavy atom. The molecule has 0 amide bonds. The van der Waals surface area contributed by atoms with E-state index < -0.39 is 21.5 Å². The van der Waals surface area contributed by atoms with Crippen LogP contribution < -0.4 is 51.4 Å². The van der Waals surface area contributed by atoms with E-state index in [1.165, 1.54) is 64.2 Å². The van der Waals surface area contributed by atoms with Gasteiger partial charge in [0.25, 0.3) is 0 Å². The summed E-state index contributed by atoms with van der Waals surface area (Å²) in [6, 6.07) is 0. The van der Waals surface area contributed by atoms with Gasteiger partial charge in [0.2, 0.25) is 0 Å². The average Bonchev–Trinajstić information content (AvgIpc) is 2.64. The zero-order chi connectivity index (χ0) is 21.1. The minimum Gasteiger partial charge on any atom is -0.748 e. The molecule has 2 atom stereocenters. The van der Waals surface area contributed by atoms with Gasteiger partial charge >= 0.3 is 51.4 Å². The summed E-state index contributed by atoms with van der Waals surface area (Å²) >= 11 is 0. The molecular weight excluding hydrogens is 411 g/mol. The molecule has 0 aliphatic heterocycles. The van der Waals surface area contributed by atoms with Gasteiger partial charge in [0.15, 0.2) is 0 Å². The largest absolute Gasteiger partial charge is 1.00 e. The molecule has 29 heavy (non-hydrogen) atoms. The Kier molecular flexibility index (Phi) is 25.6. The van der Waals surface area contributed by atoms with Crippen LogP contribution >= 0.6 is 0 Å². The van der Waals surface area contributed by atoms with Crippen molar-refractivity contribution in [3.63, 3.8) is 0 Å². The second-order valence-corrected chi connectivity index (χ2v) is 10.2. The van der Waals surface area contributed by atoms with Gasteiger partial charge in [0, 0.05) is 5.25 Å². The van der Waals surface area contributed by atoms with E-state index >= 15 is 0 Å². The van der Waals surface area contributed by atoms with Crippen LogP contribution in [0.5, 0.6) is 0 Å². The molecule has 0 aliphatic rings. The number of hydrogen-bond donors (Lipinski definition) is 1. The SMILES string of the molecule is CCCCCCCCCCC(CCC(O)CCCCCCCCC)S(=O)(=O)[O-].[K+]. The molecule has 170 valence electrons. The Bertz CT molecular complexity index is 429. The normalized spacial score (nSPS) is 13.8. The molecule has 4 nitrogen and oxygen atoms in total. The van der Waals surface area contributed by atoms with Gasteiger partial charge < -0.3 is 9.66 Å². The van der Waals surface area contributed by atoms with E-state index in [2.05, 4.69) is 13.8 Å². The molecule has 0 aromatic heterocycles. The van der Waals surface area contributed by atoms with Gasteiger partial charge in [-0.1, -0.05) is 110 Å². The van der Waals surface area contributed by atoms with Crippen molar-refractivity contribution in [1.82, 2.24) is 0 Å². The topological polar surface area (TPSA) is 77.4 Å². The molecule has 0 aromatic rings. The van der Waals surface area contributed by atoms with Gasteiger partial charge in [-0.15, -0.1) is 0 Å². The second kappa shape index (κ2) is 22.7. The maximum atomic E-state index is 11.5. The van der Waals surface area contributed by atoms with Crippen LogP contribution in [0.2, 0.25) is 0 Å². The Morgan fingerprint density at radius 2 is 1.00 bits per heavy atom. The van der Waals surface area contributed by atoms with Crippen molar-refractivity contribution >= 4 is 10.1 Å². The van der Waals surface area contributed by atoms with E-state index in [1.807, 2.05) is 0 Å². The monoisotopic (exact) mass is 458 g/mol. The van der Waals surface area contributed by atoms with Crippen LogP contribution in [-0.4, -0.2) is 29.4 Å². The quantitative estimate of drug-likeness (QED) is 0.162. The number of aliphatic hydroxyl groups is 1. The first kappa shape index (κ1) is 32.7. The molecule has 1 N–H and O–H groups in total. The average molecular weight is 459 g/mol. The Balaban J connectivity index is 0. The van der Waals surface area contributed by atoms with E-state index in [0.717, 1.165) is 38.5 Å². The minimum atomic E-state index is -4.26. The first-order chi connectivity index (χ1) is 13.4. The summed E-state index contributed by atoms with van der Waals surface area (Å²) in [5.74, 6) is 0. The van der Waals surface area contributed by atoms with Gasteiger partial charge in [-0.3, -0.25) is 0 Å². The van der Waals surface area contributed by atoms with E-state index in [0.29, 0.717) is 19.3 Å². The Labute approximate surface area is 224 Å². The number of aliphatic hydroxyl groups excluding tert-OH is 1. The standard InChI is InChI=1S/C23H48O4S.K/c1-3-5-7-9-11-13-15-17-19-23(28(25,26)27)21-20-22(24)18-16-14-12-10-8-6-4-2;/h22-24H,3-21H2,1-2H3,(H,25,26,27);/q;+1/p-1. The maximum absolute atomic E-state index is 11.5. The Morgan fingerprint density at radius 3 is 1.41 bits per heavy atom. The minimum absolute atomic E-state index is 0. The third kappa shape index (κ3) is 22.5. The van der Waals surface area contributed by atoms with Crippen molar-refractivity contribution in [2.75, 3.05) is 0 Å². The summed E-state index contributed by atoms with van der Waals surface area (Å²) in [6.07, 6.45) is 19.0. The predicted octanol–water partition coefficient (Wildman–Crippen LogP) is 3.72. The van der Waals surface area contributed by atoms with Crippen molar-refractivity contribution in [3.05, 3.63) is 0 Å². The fraction of sp³-hybridized carbons (Fsp3) is 1.00. The summed E-state index contributed by atoms with van der Waals surface area (Å²) in [5.41, 5.74) is 0. The molecule has 0 aliphatic carbocycles. The first-order valence-corrected chi connectivity index (χ1v) is 13.5. The fourth-order valence-corrected chi connectivity index (χ4v) is 4.68. The van der Waals surface area contributed by atoms with E-state index in [-0.39, 0.29) is 51.4 Å². The van der Waals surface area contributed by atoms with Crippen molar-refractivity contribution in [1.29, 1.82) is 0 Å². The first-order valence-electron chi connectivity index (χ1n) is 12.0. The van der Waals surface area contributed by atoms with Gasteiger partial charge in [-0.2, -0.15) is 0 Å². The third-order valence-electron chi connectivity index (χ3n) is 5.75. The van der Waals surface area contributed by atoms with Crippen LogP contribution in [0.3, 0.4) is 0 Å². The van der Waals surface area contributed by atoms with Crippen molar-refractivity contribution < 1.29 is 69.5 Å². The molecule has 0 heterocycles. The fourth-order valence-electron chi connectivity index (χ4n) is 3.80. The van der Waals surface area contributed by atoms with Gasteiger partial charge in [0.1, 0.15) is 0 Å². The summed E-state index contributed by atoms with van der Waals surface area (Å²) < 4.78 is 34.6. The van der Waals surface area contributed by atoms with E-state index in [9.17, 15) is 18.1 Å². The van der Waals surface area contributed by atoms with Gasteiger partial charge in [0.05, 0.1) is 16.2 Å². The molecule has 0 rings (SSSR count). The molecule has 0 aromatic carbocycles. The van der Waals surface area contributed by atoms with Crippen molar-refractivity contribution in [2.24, 2.45) is 0 Å². The molecule has 0 saturated carbocycles. The van der Waals surface area contributed by atoms with Crippen LogP contribution in [0.25, 0.3) is 0 Å². The summed E-state index contributed by atoms with van der Waals surface area (Å²) in [6.45, 7) is 4.41. The van der Waals surface area contributed by atoms with Gasteiger partial charge in [-0.05, 0) is 25.7 Å². The van der Waals surface area contributed by atoms with E-state index in [1.54, 1.807) is 0 Å². The molecule has 0 saturated heterocycles. The molecule has 0 bridgehead atoms. The van der Waals surface area contributed by atoms with Crippen LogP contribution in [0.15, 0.2) is 0 Å². The number of hydrogen-bond acceptors (Lipinski definition) is 4. The predicted molar refractivity (Wildman–Crippen MR) is 119 cm³/mol. The molecule has 0 fully saturated rings. The zero-order valence-electron chi connectivity index (χ0n) is 19.7. The van der Waals surface area contributed by atoms with Crippen molar-refractivity contribution in [2.45, 2.75) is 147 Å². The maximum Gasteiger partial charge on any atom is 1.00 e. The van der Waals surface area contributed by atoms with Crippen LogP contribution in [-0.2, 0) is 10.1 Å². The van der Waals surface area contributed by atoms with Crippen molar-refractivity contribution in [3.8, 4) is 0 Å². The Hall–Kier alpha value is 1.51. The molecule has 0 spiro atoms. The molecular formula is C23H47KO4S. The van der Waals surface area contributed by atoms with Crippen LogP contribution in [0.1, 0.15) is 136 Å². The number of rotatable bonds is 21. The van der Waals surface area contributed by atoms with Crippen LogP contribution in [0.4, 0.5) is 0 Å². The van der Waals surface area contributed by atoms with E-state index in [4.69, 9.17) is 0 Å². The molecule has 2 unspecified atom stereocenters. The summed E-state index contributed by atoms with van der Waals surface area (Å²) in [7, 11) is -4.26. The third-order valence-corrected chi connectivity index (χ3v) is 7.04. The second-order valence-electron chi connectivity index (χ2n) is 8.52. The summed E-state index contributed by atoms with van der Waals surface area (Å²) in [5, 5.41) is 9.30. The smallest absolute Gasteiger partial charge is 0.748 e. The summed E-state index contributed by atoms with van der Waals surface area (Å²) in [4.78, 5) is 0. The molecule has 0 radical (unpaired) electrons. The molecule has 6 heteroatoms. The van der Waals surface area contributed by atoms with Crippen LogP contribution in [0, 0.1) is 0 Å².